The van der Waals surface area contributed by atoms with E-state index < -0.39 is 11.7 Å². The highest BCUT2D eigenvalue weighted by Crippen LogP contribution is 2.34. The van der Waals surface area contributed by atoms with Crippen LogP contribution < -0.4 is 10.9 Å². The average Bonchev–Trinajstić information content (AvgIpc) is 3.11. The lowest BCUT2D eigenvalue weighted by Gasteiger charge is -2.35. The molecule has 5 nitrogen and oxygen atoms in total. The van der Waals surface area contributed by atoms with Crippen molar-refractivity contribution in [3.05, 3.63) is 70.7 Å². The highest BCUT2D eigenvalue weighted by Gasteiger charge is 2.42. The van der Waals surface area contributed by atoms with Crippen LogP contribution in [0.3, 0.4) is 0 Å². The van der Waals surface area contributed by atoms with Crippen LogP contribution >= 0.6 is 11.6 Å². The maximum Gasteiger partial charge on any atom is 0.294 e. The number of likely N-dealkylation sites (tertiary alicyclic amines) is 1. The summed E-state index contributed by atoms with van der Waals surface area (Å²) < 4.78 is 0. The van der Waals surface area contributed by atoms with E-state index in [-0.39, 0.29) is 18.0 Å². The molecule has 3 unspecified atom stereocenters. The summed E-state index contributed by atoms with van der Waals surface area (Å²) in [6.45, 7) is 1.13. The van der Waals surface area contributed by atoms with Crippen molar-refractivity contribution < 1.29 is 9.59 Å². The normalized spacial score (nSPS) is 25.0. The van der Waals surface area contributed by atoms with E-state index in [1.54, 1.807) is 29.2 Å². The number of nitrogens with one attached hydrogen (secondary N) is 2. The summed E-state index contributed by atoms with van der Waals surface area (Å²) in [4.78, 5) is 26.9. The van der Waals surface area contributed by atoms with E-state index in [1.807, 2.05) is 30.3 Å². The number of carbonyl (C=O) groups is 2. The van der Waals surface area contributed by atoms with Crippen molar-refractivity contribution in [2.45, 2.75) is 18.5 Å². The van der Waals surface area contributed by atoms with Gasteiger partial charge in [0, 0.05) is 35.6 Å². The number of hydrogen-bond donors (Lipinski definition) is 2. The summed E-state index contributed by atoms with van der Waals surface area (Å²) in [6, 6.07) is 16.9. The third-order valence-corrected chi connectivity index (χ3v) is 5.51. The molecule has 1 amide bonds. The van der Waals surface area contributed by atoms with Gasteiger partial charge in [-0.2, -0.15) is 0 Å². The number of hydrazine groups is 1. The fourth-order valence-electron chi connectivity index (χ4n) is 3.84. The molecule has 2 heterocycles. The van der Waals surface area contributed by atoms with Gasteiger partial charge in [-0.25, -0.2) is 5.43 Å². The first-order chi connectivity index (χ1) is 12.6. The van der Waals surface area contributed by atoms with E-state index in [4.69, 9.17) is 11.6 Å². The van der Waals surface area contributed by atoms with E-state index in [1.165, 1.54) is 0 Å². The van der Waals surface area contributed by atoms with Crippen molar-refractivity contribution >= 4 is 23.3 Å². The Kier molecular flexibility index (Phi) is 4.76. The summed E-state index contributed by atoms with van der Waals surface area (Å²) >= 11 is 5.99. The highest BCUT2D eigenvalue weighted by molar-refractivity contribution is 6.42. The first kappa shape index (κ1) is 17.2. The number of fused-ring (bicyclic) bond motifs is 1. The zero-order valence-corrected chi connectivity index (χ0v) is 14.9. The van der Waals surface area contributed by atoms with Gasteiger partial charge >= 0.3 is 0 Å². The summed E-state index contributed by atoms with van der Waals surface area (Å²) in [5.41, 5.74) is 8.24. The van der Waals surface area contributed by atoms with Crippen LogP contribution in [0, 0.1) is 5.92 Å². The largest absolute Gasteiger partial charge is 0.335 e. The van der Waals surface area contributed by atoms with Crippen LogP contribution in [0.25, 0.3) is 0 Å². The molecular formula is C20H20ClN3O2. The Morgan fingerprint density at radius 3 is 2.46 bits per heavy atom. The van der Waals surface area contributed by atoms with Crippen LogP contribution in [0.15, 0.2) is 54.6 Å². The molecule has 0 aromatic heterocycles. The standard InChI is InChI=1S/C20H20ClN3O2/c21-15-8-6-13(7-9-15)18-16-12-24(11-10-17(16)22-23-18)20(26)19(25)14-4-2-1-3-5-14/h1-9,16-18,22-23H,10-12H2. The van der Waals surface area contributed by atoms with Crippen LogP contribution in [-0.2, 0) is 4.79 Å². The van der Waals surface area contributed by atoms with Crippen LogP contribution in [-0.4, -0.2) is 35.7 Å². The molecule has 6 heteroatoms. The molecule has 2 aliphatic rings. The average molecular weight is 370 g/mol. The van der Waals surface area contributed by atoms with Gasteiger partial charge in [-0.3, -0.25) is 15.0 Å². The van der Waals surface area contributed by atoms with Gasteiger partial charge in [0.05, 0.1) is 6.04 Å². The topological polar surface area (TPSA) is 61.4 Å². The number of Topliss-reactive ketones (excluding diaryl/α,β-unsaturated/α-hetero) is 1. The van der Waals surface area contributed by atoms with E-state index in [2.05, 4.69) is 10.9 Å². The van der Waals surface area contributed by atoms with Crippen molar-refractivity contribution in [1.29, 1.82) is 0 Å². The molecule has 0 aliphatic carbocycles. The van der Waals surface area contributed by atoms with Crippen LogP contribution in [0.4, 0.5) is 0 Å². The second-order valence-corrected chi connectivity index (χ2v) is 7.26. The molecule has 2 N–H and O–H groups in total. The maximum absolute atomic E-state index is 12.7. The van der Waals surface area contributed by atoms with Crippen molar-refractivity contribution in [1.82, 2.24) is 15.8 Å². The van der Waals surface area contributed by atoms with Gasteiger partial charge in [0.15, 0.2) is 0 Å². The number of rotatable bonds is 3. The Bertz CT molecular complexity index is 810. The lowest BCUT2D eigenvalue weighted by atomic mass is 9.85. The van der Waals surface area contributed by atoms with Gasteiger partial charge in [0.1, 0.15) is 0 Å². The summed E-state index contributed by atoms with van der Waals surface area (Å²) in [6.07, 6.45) is 0.815. The second kappa shape index (κ2) is 7.19. The van der Waals surface area contributed by atoms with E-state index in [0.717, 1.165) is 12.0 Å². The number of nitrogens with zero attached hydrogens (tertiary/aromatic N) is 1. The Hall–Kier alpha value is -2.21. The predicted octanol–water partition coefficient (Wildman–Crippen LogP) is 2.59. The number of piperidine rings is 1. The van der Waals surface area contributed by atoms with Gasteiger partial charge in [-0.1, -0.05) is 54.1 Å². The Labute approximate surface area is 157 Å². The molecule has 2 aromatic rings. The molecule has 0 bridgehead atoms. The van der Waals surface area contributed by atoms with Gasteiger partial charge in [0.25, 0.3) is 5.91 Å². The lowest BCUT2D eigenvalue weighted by molar-refractivity contribution is -0.128. The minimum absolute atomic E-state index is 0.0830. The molecule has 2 saturated heterocycles. The predicted molar refractivity (Wildman–Crippen MR) is 99.7 cm³/mol. The molecule has 0 spiro atoms. The quantitative estimate of drug-likeness (QED) is 0.645. The molecular weight excluding hydrogens is 350 g/mol. The van der Waals surface area contributed by atoms with Crippen molar-refractivity contribution in [2.24, 2.45) is 5.92 Å². The minimum Gasteiger partial charge on any atom is -0.335 e. The molecule has 0 radical (unpaired) electrons. The smallest absolute Gasteiger partial charge is 0.294 e. The fraction of sp³-hybridized carbons (Fsp3) is 0.300. The minimum atomic E-state index is -0.439. The Morgan fingerprint density at radius 2 is 1.73 bits per heavy atom. The molecule has 26 heavy (non-hydrogen) atoms. The molecule has 2 aromatic carbocycles. The zero-order valence-electron chi connectivity index (χ0n) is 14.2. The highest BCUT2D eigenvalue weighted by atomic mass is 35.5. The van der Waals surface area contributed by atoms with Gasteiger partial charge in [0.2, 0.25) is 5.78 Å². The van der Waals surface area contributed by atoms with Gasteiger partial charge < -0.3 is 4.90 Å². The molecule has 3 atom stereocenters. The van der Waals surface area contributed by atoms with Gasteiger partial charge in [-0.05, 0) is 24.1 Å². The first-order valence-electron chi connectivity index (χ1n) is 8.78. The van der Waals surface area contributed by atoms with Gasteiger partial charge in [-0.15, -0.1) is 0 Å². The molecule has 0 saturated carbocycles. The fourth-order valence-corrected chi connectivity index (χ4v) is 3.97. The van der Waals surface area contributed by atoms with Crippen molar-refractivity contribution in [3.63, 3.8) is 0 Å². The van der Waals surface area contributed by atoms with E-state index in [0.29, 0.717) is 23.7 Å². The molecule has 4 rings (SSSR count). The first-order valence-corrected chi connectivity index (χ1v) is 9.16. The number of ketones is 1. The van der Waals surface area contributed by atoms with Crippen LogP contribution in [0.5, 0.6) is 0 Å². The maximum atomic E-state index is 12.7. The number of amides is 1. The van der Waals surface area contributed by atoms with E-state index >= 15 is 0 Å². The molecule has 2 aliphatic heterocycles. The summed E-state index contributed by atoms with van der Waals surface area (Å²) in [5.74, 6) is -0.653. The van der Waals surface area contributed by atoms with E-state index in [9.17, 15) is 9.59 Å². The second-order valence-electron chi connectivity index (χ2n) is 6.82. The third kappa shape index (κ3) is 3.26. The number of benzene rings is 2. The lowest BCUT2D eigenvalue weighted by Crippen LogP contribution is -2.49. The summed E-state index contributed by atoms with van der Waals surface area (Å²) in [7, 11) is 0. The van der Waals surface area contributed by atoms with Crippen LogP contribution in [0.1, 0.15) is 28.4 Å². The third-order valence-electron chi connectivity index (χ3n) is 5.26. The Morgan fingerprint density at radius 1 is 1.00 bits per heavy atom. The number of hydrogen-bond acceptors (Lipinski definition) is 4. The SMILES string of the molecule is O=C(C(=O)N1CCC2NNC(c3ccc(Cl)cc3)C2C1)c1ccccc1. The number of carbonyl (C=O) groups excluding carboxylic acids is 2. The zero-order chi connectivity index (χ0) is 18.1. The summed E-state index contributed by atoms with van der Waals surface area (Å²) in [5, 5.41) is 0.699. The number of halogens is 1. The monoisotopic (exact) mass is 369 g/mol. The van der Waals surface area contributed by atoms with Crippen LogP contribution in [0.2, 0.25) is 5.02 Å². The molecule has 134 valence electrons. The Balaban J connectivity index is 1.50. The van der Waals surface area contributed by atoms with Crippen molar-refractivity contribution in [3.8, 4) is 0 Å². The molecule has 2 fully saturated rings. The van der Waals surface area contributed by atoms with Crippen molar-refractivity contribution in [2.75, 3.05) is 13.1 Å².